The lowest BCUT2D eigenvalue weighted by atomic mass is 9.75. The van der Waals surface area contributed by atoms with Crippen molar-refractivity contribution >= 4 is 0 Å². The van der Waals surface area contributed by atoms with Crippen LogP contribution in [0.5, 0.6) is 5.75 Å². The minimum atomic E-state index is 0.672. The summed E-state index contributed by atoms with van der Waals surface area (Å²) in [5, 5.41) is 0. The van der Waals surface area contributed by atoms with Crippen molar-refractivity contribution in [3.8, 4) is 5.75 Å². The van der Waals surface area contributed by atoms with Gasteiger partial charge in [0.25, 0.3) is 0 Å². The molecule has 0 aliphatic heterocycles. The molecule has 1 aromatic carbocycles. The third kappa shape index (κ3) is 8.02. The van der Waals surface area contributed by atoms with Gasteiger partial charge in [0, 0.05) is 0 Å². The van der Waals surface area contributed by atoms with Crippen LogP contribution < -0.4 is 4.74 Å². The predicted molar refractivity (Wildman–Crippen MR) is 123 cm³/mol. The van der Waals surface area contributed by atoms with Crippen molar-refractivity contribution in [2.24, 2.45) is 5.92 Å². The van der Waals surface area contributed by atoms with E-state index in [1.54, 1.807) is 5.57 Å². The maximum absolute atomic E-state index is 5.83. The van der Waals surface area contributed by atoms with Gasteiger partial charge in [0.05, 0.1) is 6.61 Å². The van der Waals surface area contributed by atoms with Crippen LogP contribution in [0.25, 0.3) is 0 Å². The number of hydrogen-bond donors (Lipinski definition) is 0. The second-order valence-electron chi connectivity index (χ2n) is 8.73. The summed E-state index contributed by atoms with van der Waals surface area (Å²) in [5.41, 5.74) is 3.25. The van der Waals surface area contributed by atoms with E-state index in [4.69, 9.17) is 4.74 Å². The highest BCUT2D eigenvalue weighted by Gasteiger charge is 2.24. The Balaban J connectivity index is 2.14. The van der Waals surface area contributed by atoms with E-state index in [1.807, 2.05) is 0 Å². The Kier molecular flexibility index (Phi) is 11.4. The molecule has 0 radical (unpaired) electrons. The second-order valence-corrected chi connectivity index (χ2v) is 8.73. The number of unbranched alkanes of at least 4 members (excludes halogenated alkanes) is 3. The van der Waals surface area contributed by atoms with Crippen LogP contribution >= 0.6 is 0 Å². The lowest BCUT2D eigenvalue weighted by Gasteiger charge is -2.30. The minimum absolute atomic E-state index is 0.672. The molecule has 0 saturated carbocycles. The first kappa shape index (κ1) is 23.0. The molecule has 1 aliphatic rings. The molecule has 0 bridgehead atoms. The van der Waals surface area contributed by atoms with Gasteiger partial charge in [0.15, 0.2) is 0 Å². The van der Waals surface area contributed by atoms with Gasteiger partial charge in [-0.05, 0) is 74.5 Å². The summed E-state index contributed by atoms with van der Waals surface area (Å²) in [6.07, 6.45) is 19.8. The molecule has 2 atom stereocenters. The maximum Gasteiger partial charge on any atom is 0.119 e. The third-order valence-corrected chi connectivity index (χ3v) is 6.31. The van der Waals surface area contributed by atoms with Gasteiger partial charge in [0.2, 0.25) is 0 Å². The number of benzene rings is 1. The van der Waals surface area contributed by atoms with Gasteiger partial charge >= 0.3 is 0 Å². The SMILES string of the molecule is CCCCCCC(CCC)C(CC1=CCCCC1)c1ccc(OCCC)cc1. The summed E-state index contributed by atoms with van der Waals surface area (Å²) in [4.78, 5) is 0. The monoisotopic (exact) mass is 384 g/mol. The van der Waals surface area contributed by atoms with E-state index < -0.39 is 0 Å². The normalized spacial score (nSPS) is 16.5. The van der Waals surface area contributed by atoms with Gasteiger partial charge in [0.1, 0.15) is 5.75 Å². The Morgan fingerprint density at radius 3 is 2.32 bits per heavy atom. The summed E-state index contributed by atoms with van der Waals surface area (Å²) in [6, 6.07) is 9.11. The van der Waals surface area contributed by atoms with Crippen molar-refractivity contribution in [1.82, 2.24) is 0 Å². The van der Waals surface area contributed by atoms with Crippen molar-refractivity contribution in [2.45, 2.75) is 110 Å². The van der Waals surface area contributed by atoms with E-state index in [-0.39, 0.29) is 0 Å². The number of hydrogen-bond acceptors (Lipinski definition) is 1. The van der Waals surface area contributed by atoms with Crippen molar-refractivity contribution < 1.29 is 4.74 Å². The maximum atomic E-state index is 5.83. The fraction of sp³-hybridized carbons (Fsp3) is 0.704. The Morgan fingerprint density at radius 2 is 1.68 bits per heavy atom. The van der Waals surface area contributed by atoms with E-state index in [9.17, 15) is 0 Å². The zero-order valence-corrected chi connectivity index (χ0v) is 18.8. The first-order chi connectivity index (χ1) is 13.8. The van der Waals surface area contributed by atoms with Gasteiger partial charge in [-0.25, -0.2) is 0 Å². The zero-order valence-electron chi connectivity index (χ0n) is 18.8. The Morgan fingerprint density at radius 1 is 0.857 bits per heavy atom. The Bertz CT molecular complexity index is 542. The quantitative estimate of drug-likeness (QED) is 0.230. The van der Waals surface area contributed by atoms with Gasteiger partial charge in [-0.1, -0.05) is 83.1 Å². The molecular formula is C27H44O. The van der Waals surface area contributed by atoms with Crippen LogP contribution in [0.3, 0.4) is 0 Å². The highest BCUT2D eigenvalue weighted by atomic mass is 16.5. The minimum Gasteiger partial charge on any atom is -0.494 e. The molecular weight excluding hydrogens is 340 g/mol. The lowest BCUT2D eigenvalue weighted by molar-refractivity contribution is 0.316. The molecule has 0 amide bonds. The van der Waals surface area contributed by atoms with E-state index in [2.05, 4.69) is 51.1 Å². The molecule has 1 nitrogen and oxygen atoms in total. The van der Waals surface area contributed by atoms with Crippen LogP contribution in [0.15, 0.2) is 35.9 Å². The molecule has 158 valence electrons. The standard InChI is InChI=1S/C27H44O/c1-4-7-8-12-16-24(13-5-2)27(22-23-14-10-9-11-15-23)25-17-19-26(20-18-25)28-21-6-3/h14,17-20,24,27H,4-13,15-16,21-22H2,1-3H3. The van der Waals surface area contributed by atoms with Crippen LogP contribution in [0.1, 0.15) is 116 Å². The van der Waals surface area contributed by atoms with E-state index >= 15 is 0 Å². The Hall–Kier alpha value is -1.24. The van der Waals surface area contributed by atoms with Gasteiger partial charge in [-0.2, -0.15) is 0 Å². The fourth-order valence-electron chi connectivity index (χ4n) is 4.71. The smallest absolute Gasteiger partial charge is 0.119 e. The van der Waals surface area contributed by atoms with E-state index in [1.165, 1.54) is 82.6 Å². The van der Waals surface area contributed by atoms with Crippen molar-refractivity contribution in [3.63, 3.8) is 0 Å². The highest BCUT2D eigenvalue weighted by Crippen LogP contribution is 2.39. The molecule has 2 unspecified atom stereocenters. The molecule has 1 aliphatic carbocycles. The highest BCUT2D eigenvalue weighted by molar-refractivity contribution is 5.31. The lowest BCUT2D eigenvalue weighted by Crippen LogP contribution is -2.15. The van der Waals surface area contributed by atoms with Crippen molar-refractivity contribution in [2.75, 3.05) is 6.61 Å². The first-order valence-corrected chi connectivity index (χ1v) is 12.2. The number of allylic oxidation sites excluding steroid dienone is 2. The molecule has 0 heterocycles. The van der Waals surface area contributed by atoms with Crippen molar-refractivity contribution in [1.29, 1.82) is 0 Å². The van der Waals surface area contributed by atoms with Crippen LogP contribution in [-0.2, 0) is 0 Å². The fourth-order valence-corrected chi connectivity index (χ4v) is 4.71. The molecule has 0 N–H and O–H groups in total. The van der Waals surface area contributed by atoms with Gasteiger partial charge < -0.3 is 4.74 Å². The molecule has 0 spiro atoms. The summed E-state index contributed by atoms with van der Waals surface area (Å²) < 4.78 is 5.83. The molecule has 0 saturated heterocycles. The number of rotatable bonds is 14. The van der Waals surface area contributed by atoms with Crippen LogP contribution in [-0.4, -0.2) is 6.61 Å². The topological polar surface area (TPSA) is 9.23 Å². The molecule has 1 aromatic rings. The molecule has 0 aromatic heterocycles. The summed E-state index contributed by atoms with van der Waals surface area (Å²) in [7, 11) is 0. The largest absolute Gasteiger partial charge is 0.494 e. The van der Waals surface area contributed by atoms with Gasteiger partial charge in [-0.15, -0.1) is 0 Å². The zero-order chi connectivity index (χ0) is 20.0. The molecule has 28 heavy (non-hydrogen) atoms. The third-order valence-electron chi connectivity index (χ3n) is 6.31. The number of ether oxygens (including phenoxy) is 1. The first-order valence-electron chi connectivity index (χ1n) is 12.2. The van der Waals surface area contributed by atoms with Crippen LogP contribution in [0.2, 0.25) is 0 Å². The average Bonchev–Trinajstić information content (AvgIpc) is 2.74. The summed E-state index contributed by atoms with van der Waals surface area (Å²) in [6.45, 7) is 7.64. The summed E-state index contributed by atoms with van der Waals surface area (Å²) >= 11 is 0. The molecule has 1 heteroatoms. The Labute approximate surface area is 175 Å². The average molecular weight is 385 g/mol. The van der Waals surface area contributed by atoms with E-state index in [0.717, 1.165) is 24.7 Å². The second kappa shape index (κ2) is 13.9. The molecule has 2 rings (SSSR count). The van der Waals surface area contributed by atoms with Gasteiger partial charge in [-0.3, -0.25) is 0 Å². The molecule has 0 fully saturated rings. The van der Waals surface area contributed by atoms with Crippen molar-refractivity contribution in [3.05, 3.63) is 41.5 Å². The predicted octanol–water partition coefficient (Wildman–Crippen LogP) is 8.84. The summed E-state index contributed by atoms with van der Waals surface area (Å²) in [5.74, 6) is 2.51. The van der Waals surface area contributed by atoms with E-state index in [0.29, 0.717) is 5.92 Å². The van der Waals surface area contributed by atoms with Crippen LogP contribution in [0, 0.1) is 5.92 Å². The van der Waals surface area contributed by atoms with Crippen LogP contribution in [0.4, 0.5) is 0 Å².